The van der Waals surface area contributed by atoms with Gasteiger partial charge in [0.2, 0.25) is 0 Å². The number of carbonyl (C=O) groups excluding carboxylic acids is 1. The Hall–Kier alpha value is -1.09. The molecule has 0 fully saturated rings. The highest BCUT2D eigenvalue weighted by Crippen LogP contribution is 2.14. The molecule has 3 heteroatoms. The van der Waals surface area contributed by atoms with Crippen LogP contribution in [0.2, 0.25) is 0 Å². The Labute approximate surface area is 124 Å². The zero-order valence-corrected chi connectivity index (χ0v) is 13.2. The van der Waals surface area contributed by atoms with Crippen LogP contribution in [-0.4, -0.2) is 12.1 Å². The van der Waals surface area contributed by atoms with Crippen LogP contribution in [0.4, 0.5) is 0 Å². The maximum atomic E-state index is 11.1. The lowest BCUT2D eigenvalue weighted by atomic mass is 10.1. The van der Waals surface area contributed by atoms with Crippen LogP contribution in [0.15, 0.2) is 34.8 Å². The summed E-state index contributed by atoms with van der Waals surface area (Å²) in [5.74, 6) is -0.220. The van der Waals surface area contributed by atoms with E-state index in [0.29, 0.717) is 0 Å². The highest BCUT2D eigenvalue weighted by molar-refractivity contribution is 9.10. The van der Waals surface area contributed by atoms with E-state index in [0.717, 1.165) is 22.9 Å². The molecule has 0 amide bonds. The van der Waals surface area contributed by atoms with Gasteiger partial charge in [0.25, 0.3) is 0 Å². The molecule has 0 saturated heterocycles. The summed E-state index contributed by atoms with van der Waals surface area (Å²) in [5, 5.41) is 0. The van der Waals surface area contributed by atoms with Crippen molar-refractivity contribution in [3.63, 3.8) is 0 Å². The number of rotatable bonds is 7. The van der Waals surface area contributed by atoms with Gasteiger partial charge in [-0.3, -0.25) is 4.79 Å². The van der Waals surface area contributed by atoms with Crippen molar-refractivity contribution < 1.29 is 9.53 Å². The van der Waals surface area contributed by atoms with Crippen LogP contribution >= 0.6 is 15.9 Å². The molecule has 19 heavy (non-hydrogen) atoms. The Balaban J connectivity index is 2.59. The van der Waals surface area contributed by atoms with Gasteiger partial charge >= 0.3 is 5.97 Å². The van der Waals surface area contributed by atoms with Gasteiger partial charge in [0.15, 0.2) is 0 Å². The number of unbranched alkanes of at least 4 members (excludes halogenated alkanes) is 2. The Bertz CT molecular complexity index is 409. The van der Waals surface area contributed by atoms with Gasteiger partial charge in [-0.05, 0) is 36.6 Å². The molecule has 0 aliphatic heterocycles. The van der Waals surface area contributed by atoms with Crippen LogP contribution in [-0.2, 0) is 9.53 Å². The maximum Gasteiger partial charge on any atom is 0.303 e. The molecule has 0 aliphatic rings. The van der Waals surface area contributed by atoms with Crippen molar-refractivity contribution in [1.29, 1.82) is 0 Å². The van der Waals surface area contributed by atoms with Gasteiger partial charge < -0.3 is 4.74 Å². The summed E-state index contributed by atoms with van der Waals surface area (Å²) in [4.78, 5) is 11.1. The largest absolute Gasteiger partial charge is 0.458 e. The molecule has 0 saturated carbocycles. The molecule has 1 atom stereocenters. The summed E-state index contributed by atoms with van der Waals surface area (Å²) in [6.45, 7) is 3.62. The van der Waals surface area contributed by atoms with Crippen molar-refractivity contribution in [3.05, 3.63) is 40.4 Å². The Morgan fingerprint density at radius 2 is 2.00 bits per heavy atom. The average Bonchev–Trinajstić information content (AvgIpc) is 2.37. The second kappa shape index (κ2) is 8.92. The smallest absolute Gasteiger partial charge is 0.303 e. The number of ether oxygens (including phenoxy) is 1. The molecular weight excluding hydrogens is 304 g/mol. The normalized spacial score (nSPS) is 12.6. The van der Waals surface area contributed by atoms with Crippen LogP contribution in [0.25, 0.3) is 6.08 Å². The third-order valence-corrected chi connectivity index (χ3v) is 3.31. The number of esters is 1. The minimum Gasteiger partial charge on any atom is -0.458 e. The summed E-state index contributed by atoms with van der Waals surface area (Å²) in [6.07, 6.45) is 8.17. The van der Waals surface area contributed by atoms with E-state index in [1.54, 1.807) is 0 Å². The zero-order chi connectivity index (χ0) is 14.1. The van der Waals surface area contributed by atoms with Crippen molar-refractivity contribution in [2.24, 2.45) is 0 Å². The topological polar surface area (TPSA) is 26.3 Å². The molecule has 0 heterocycles. The first-order chi connectivity index (χ1) is 9.11. The number of halogens is 1. The first kappa shape index (κ1) is 16.0. The molecular formula is C16H21BrO2. The van der Waals surface area contributed by atoms with Crippen molar-refractivity contribution in [2.45, 2.75) is 45.6 Å². The minimum absolute atomic E-state index is 0.118. The Morgan fingerprint density at radius 3 is 2.58 bits per heavy atom. The molecule has 0 aromatic heterocycles. The maximum absolute atomic E-state index is 11.1. The summed E-state index contributed by atoms with van der Waals surface area (Å²) in [7, 11) is 0. The highest BCUT2D eigenvalue weighted by Gasteiger charge is 2.07. The standard InChI is InChI=1S/C16H21BrO2/c1-3-4-5-6-16(19-13(2)18)12-9-14-7-10-15(17)11-8-14/h7-12,16H,3-6H2,1-2H3/b12-9+. The molecule has 0 bridgehead atoms. The molecule has 2 nitrogen and oxygen atoms in total. The lowest BCUT2D eigenvalue weighted by molar-refractivity contribution is -0.144. The van der Waals surface area contributed by atoms with E-state index in [-0.39, 0.29) is 12.1 Å². The summed E-state index contributed by atoms with van der Waals surface area (Å²) >= 11 is 3.41. The molecule has 1 rings (SSSR count). The van der Waals surface area contributed by atoms with Gasteiger partial charge in [0.05, 0.1) is 0 Å². The van der Waals surface area contributed by atoms with E-state index >= 15 is 0 Å². The summed E-state index contributed by atoms with van der Waals surface area (Å²) in [6, 6.07) is 8.05. The quantitative estimate of drug-likeness (QED) is 0.522. The molecule has 0 radical (unpaired) electrons. The van der Waals surface area contributed by atoms with Gasteiger partial charge in [-0.15, -0.1) is 0 Å². The SMILES string of the molecule is CCCCCC(/C=C/c1ccc(Br)cc1)OC(C)=O. The highest BCUT2D eigenvalue weighted by atomic mass is 79.9. The van der Waals surface area contributed by atoms with Crippen molar-refractivity contribution in [2.75, 3.05) is 0 Å². The van der Waals surface area contributed by atoms with Gasteiger partial charge in [0.1, 0.15) is 6.10 Å². The second-order valence-corrected chi connectivity index (χ2v) is 5.47. The number of hydrogen-bond donors (Lipinski definition) is 0. The van der Waals surface area contributed by atoms with E-state index in [4.69, 9.17) is 4.74 Å². The molecule has 104 valence electrons. The molecule has 1 aromatic carbocycles. The average molecular weight is 325 g/mol. The zero-order valence-electron chi connectivity index (χ0n) is 11.6. The molecule has 0 aliphatic carbocycles. The summed E-state index contributed by atoms with van der Waals surface area (Å²) in [5.41, 5.74) is 1.11. The fourth-order valence-corrected chi connectivity index (χ4v) is 2.06. The van der Waals surface area contributed by atoms with E-state index in [9.17, 15) is 4.79 Å². The van der Waals surface area contributed by atoms with Crippen LogP contribution < -0.4 is 0 Å². The van der Waals surface area contributed by atoms with E-state index in [1.807, 2.05) is 36.4 Å². The monoisotopic (exact) mass is 324 g/mol. The summed E-state index contributed by atoms with van der Waals surface area (Å²) < 4.78 is 6.37. The van der Waals surface area contributed by atoms with Crippen LogP contribution in [0.1, 0.15) is 45.1 Å². The van der Waals surface area contributed by atoms with Crippen LogP contribution in [0.5, 0.6) is 0 Å². The molecule has 0 spiro atoms. The minimum atomic E-state index is -0.220. The third-order valence-electron chi connectivity index (χ3n) is 2.78. The number of benzene rings is 1. The first-order valence-corrected chi connectivity index (χ1v) is 7.52. The van der Waals surface area contributed by atoms with Gasteiger partial charge in [-0.2, -0.15) is 0 Å². The van der Waals surface area contributed by atoms with Gasteiger partial charge in [-0.1, -0.05) is 53.9 Å². The lowest BCUT2D eigenvalue weighted by Gasteiger charge is -2.12. The van der Waals surface area contributed by atoms with E-state index in [1.165, 1.54) is 19.8 Å². The van der Waals surface area contributed by atoms with E-state index in [2.05, 4.69) is 22.9 Å². The molecule has 1 unspecified atom stereocenters. The first-order valence-electron chi connectivity index (χ1n) is 6.72. The Morgan fingerprint density at radius 1 is 1.32 bits per heavy atom. The third kappa shape index (κ3) is 7.16. The second-order valence-electron chi connectivity index (χ2n) is 4.55. The number of carbonyl (C=O) groups is 1. The van der Waals surface area contributed by atoms with Crippen molar-refractivity contribution in [3.8, 4) is 0 Å². The van der Waals surface area contributed by atoms with E-state index < -0.39 is 0 Å². The van der Waals surface area contributed by atoms with Gasteiger partial charge in [-0.25, -0.2) is 0 Å². The lowest BCUT2D eigenvalue weighted by Crippen LogP contribution is -2.13. The Kier molecular flexibility index (Phi) is 7.49. The fourth-order valence-electron chi connectivity index (χ4n) is 1.80. The fraction of sp³-hybridized carbons (Fsp3) is 0.438. The van der Waals surface area contributed by atoms with Crippen LogP contribution in [0.3, 0.4) is 0 Å². The van der Waals surface area contributed by atoms with Crippen molar-refractivity contribution >= 4 is 28.0 Å². The predicted molar refractivity (Wildman–Crippen MR) is 82.9 cm³/mol. The van der Waals surface area contributed by atoms with Crippen molar-refractivity contribution in [1.82, 2.24) is 0 Å². The molecule has 1 aromatic rings. The predicted octanol–water partition coefficient (Wildman–Crippen LogP) is 4.97. The number of hydrogen-bond acceptors (Lipinski definition) is 2. The van der Waals surface area contributed by atoms with Crippen LogP contribution in [0, 0.1) is 0 Å². The van der Waals surface area contributed by atoms with Gasteiger partial charge in [0, 0.05) is 11.4 Å². The molecule has 0 N–H and O–H groups in total.